The molecule has 3 atom stereocenters. The first kappa shape index (κ1) is 21.3. The lowest BCUT2D eigenvalue weighted by molar-refractivity contribution is 0.0322. The van der Waals surface area contributed by atoms with E-state index in [-0.39, 0.29) is 17.6 Å². The van der Waals surface area contributed by atoms with E-state index in [1.54, 1.807) is 6.07 Å². The molecule has 5 nitrogen and oxygen atoms in total. The maximum absolute atomic E-state index is 13.7. The average Bonchev–Trinajstić information content (AvgIpc) is 3.02. The van der Waals surface area contributed by atoms with Crippen molar-refractivity contribution in [2.75, 3.05) is 13.1 Å². The van der Waals surface area contributed by atoms with Crippen LogP contribution < -0.4 is 0 Å². The van der Waals surface area contributed by atoms with Crippen LogP contribution in [0.3, 0.4) is 0 Å². The van der Waals surface area contributed by atoms with E-state index in [2.05, 4.69) is 23.9 Å². The topological polar surface area (TPSA) is 57.8 Å². The summed E-state index contributed by atoms with van der Waals surface area (Å²) in [4.78, 5) is 14.0. The summed E-state index contributed by atoms with van der Waals surface area (Å²) in [6.07, 6.45) is 9.73. The van der Waals surface area contributed by atoms with Crippen LogP contribution in [0.1, 0.15) is 71.3 Å². The lowest BCUT2D eigenvalue weighted by atomic mass is 9.74. The first-order valence-electron chi connectivity index (χ1n) is 11.6. The highest BCUT2D eigenvalue weighted by Gasteiger charge is 2.37. The molecule has 0 spiro atoms. The first-order valence-corrected chi connectivity index (χ1v) is 11.6. The molecule has 2 aromatic rings. The Morgan fingerprint density at radius 2 is 1.97 bits per heavy atom. The molecule has 0 bridgehead atoms. The third-order valence-corrected chi connectivity index (χ3v) is 7.52. The standard InChI is InChI=1S/C24H34FN3O2/c1-3-4-7-17-8-5-6-16(2)23(17)27-13-11-19(12-14-27)28-21-10-9-18(25)15-20(21)22(26-30)24(28)29/h9-10,15-17,19,23,29H,3-8,11-14H2,1-2H3. The van der Waals surface area contributed by atoms with Gasteiger partial charge < -0.3 is 9.67 Å². The minimum Gasteiger partial charge on any atom is -0.493 e. The van der Waals surface area contributed by atoms with Gasteiger partial charge in [0, 0.05) is 30.6 Å². The van der Waals surface area contributed by atoms with Gasteiger partial charge >= 0.3 is 0 Å². The van der Waals surface area contributed by atoms with Crippen molar-refractivity contribution in [3.63, 3.8) is 0 Å². The van der Waals surface area contributed by atoms with Crippen molar-refractivity contribution in [2.24, 2.45) is 17.0 Å². The second kappa shape index (κ2) is 9.04. The number of rotatable bonds is 6. The van der Waals surface area contributed by atoms with Gasteiger partial charge in [-0.15, -0.1) is 4.91 Å². The summed E-state index contributed by atoms with van der Waals surface area (Å²) in [6, 6.07) is 5.07. The molecule has 1 aliphatic heterocycles. The van der Waals surface area contributed by atoms with E-state index in [1.165, 1.54) is 50.7 Å². The maximum atomic E-state index is 13.7. The molecule has 1 aliphatic carbocycles. The largest absolute Gasteiger partial charge is 0.493 e. The van der Waals surface area contributed by atoms with Gasteiger partial charge in [0.2, 0.25) is 5.88 Å². The highest BCUT2D eigenvalue weighted by atomic mass is 19.1. The second-order valence-electron chi connectivity index (χ2n) is 9.36. The molecule has 0 radical (unpaired) electrons. The SMILES string of the molecule is CCCCC1CCCC(C)C1N1CCC(n2c(O)c(N=O)c3cc(F)ccc32)CC1. The molecule has 4 rings (SSSR count). The van der Waals surface area contributed by atoms with Crippen LogP contribution in [0.4, 0.5) is 10.1 Å². The van der Waals surface area contributed by atoms with Gasteiger partial charge in [-0.1, -0.05) is 33.1 Å². The lowest BCUT2D eigenvalue weighted by Crippen LogP contribution is -2.50. The number of nitrogens with zero attached hydrogens (tertiary/aromatic N) is 3. The number of aromatic hydroxyl groups is 1. The van der Waals surface area contributed by atoms with Crippen LogP contribution in [-0.4, -0.2) is 33.7 Å². The molecule has 1 aromatic carbocycles. The molecule has 164 valence electrons. The number of likely N-dealkylation sites (tertiary alicyclic amines) is 1. The van der Waals surface area contributed by atoms with E-state index >= 15 is 0 Å². The Labute approximate surface area is 178 Å². The second-order valence-corrected chi connectivity index (χ2v) is 9.36. The van der Waals surface area contributed by atoms with Crippen molar-refractivity contribution in [1.82, 2.24) is 9.47 Å². The summed E-state index contributed by atoms with van der Waals surface area (Å²) < 4.78 is 15.5. The van der Waals surface area contributed by atoms with Crippen LogP contribution in [0.15, 0.2) is 23.4 Å². The monoisotopic (exact) mass is 415 g/mol. The zero-order valence-electron chi connectivity index (χ0n) is 18.2. The fraction of sp³-hybridized carbons (Fsp3) is 0.667. The third kappa shape index (κ3) is 3.86. The van der Waals surface area contributed by atoms with Crippen LogP contribution >= 0.6 is 0 Å². The number of hydrogen-bond donors (Lipinski definition) is 1. The van der Waals surface area contributed by atoms with E-state index in [1.807, 2.05) is 4.57 Å². The van der Waals surface area contributed by atoms with Gasteiger partial charge in [0.25, 0.3) is 0 Å². The van der Waals surface area contributed by atoms with Crippen LogP contribution in [0.2, 0.25) is 0 Å². The predicted molar refractivity (Wildman–Crippen MR) is 119 cm³/mol. The Bertz CT molecular complexity index is 888. The van der Waals surface area contributed by atoms with Crippen LogP contribution in [-0.2, 0) is 0 Å². The Morgan fingerprint density at radius 3 is 2.67 bits per heavy atom. The quantitative estimate of drug-likeness (QED) is 0.547. The van der Waals surface area contributed by atoms with E-state index < -0.39 is 5.82 Å². The number of nitroso groups, excluding NO2 is 1. The number of hydrogen-bond acceptors (Lipinski definition) is 4. The van der Waals surface area contributed by atoms with Gasteiger partial charge in [-0.3, -0.25) is 4.90 Å². The molecule has 2 fully saturated rings. The molecule has 6 heteroatoms. The number of halogens is 1. The molecular formula is C24H34FN3O2. The number of unbranched alkanes of at least 4 members (excludes halogenated alkanes) is 1. The van der Waals surface area contributed by atoms with Crippen molar-refractivity contribution < 1.29 is 9.50 Å². The number of fused-ring (bicyclic) bond motifs is 1. The van der Waals surface area contributed by atoms with Gasteiger partial charge in [-0.05, 0) is 67.3 Å². The smallest absolute Gasteiger partial charge is 0.222 e. The molecule has 1 aromatic heterocycles. The summed E-state index contributed by atoms with van der Waals surface area (Å²) in [5.41, 5.74) is 0.640. The average molecular weight is 416 g/mol. The van der Waals surface area contributed by atoms with Gasteiger partial charge in [0.15, 0.2) is 5.69 Å². The molecule has 3 unspecified atom stereocenters. The Balaban J connectivity index is 1.53. The molecular weight excluding hydrogens is 381 g/mol. The fourth-order valence-electron chi connectivity index (χ4n) is 6.11. The molecule has 0 amide bonds. The summed E-state index contributed by atoms with van der Waals surface area (Å²) in [5.74, 6) is 0.964. The van der Waals surface area contributed by atoms with Crippen LogP contribution in [0.25, 0.3) is 10.9 Å². The first-order chi connectivity index (χ1) is 14.5. The van der Waals surface area contributed by atoms with Gasteiger partial charge in [0.1, 0.15) is 5.82 Å². The predicted octanol–water partition coefficient (Wildman–Crippen LogP) is 6.52. The summed E-state index contributed by atoms with van der Waals surface area (Å²) in [6.45, 7) is 6.67. The Morgan fingerprint density at radius 1 is 1.20 bits per heavy atom. The molecule has 1 saturated heterocycles. The summed E-state index contributed by atoms with van der Waals surface area (Å²) >= 11 is 0. The Kier molecular flexibility index (Phi) is 6.42. The highest BCUT2D eigenvalue weighted by Crippen LogP contribution is 2.44. The molecule has 1 saturated carbocycles. The van der Waals surface area contributed by atoms with Crippen molar-refractivity contribution in [3.8, 4) is 5.88 Å². The fourth-order valence-corrected chi connectivity index (χ4v) is 6.11. The van der Waals surface area contributed by atoms with E-state index in [0.717, 1.165) is 37.8 Å². The zero-order chi connectivity index (χ0) is 21.3. The number of piperidine rings is 1. The maximum Gasteiger partial charge on any atom is 0.222 e. The van der Waals surface area contributed by atoms with E-state index in [9.17, 15) is 14.4 Å². The third-order valence-electron chi connectivity index (χ3n) is 7.52. The van der Waals surface area contributed by atoms with Gasteiger partial charge in [-0.25, -0.2) is 4.39 Å². The number of aromatic nitrogens is 1. The summed E-state index contributed by atoms with van der Waals surface area (Å²) in [5, 5.41) is 14.1. The van der Waals surface area contributed by atoms with E-state index in [4.69, 9.17) is 0 Å². The molecule has 2 heterocycles. The number of benzene rings is 1. The lowest BCUT2D eigenvalue weighted by Gasteiger charge is -2.47. The van der Waals surface area contributed by atoms with Gasteiger partial charge in [0.05, 0.1) is 5.52 Å². The molecule has 30 heavy (non-hydrogen) atoms. The zero-order valence-corrected chi connectivity index (χ0v) is 18.2. The van der Waals surface area contributed by atoms with Crippen LogP contribution in [0, 0.1) is 22.6 Å². The minimum atomic E-state index is -0.427. The Hall–Kier alpha value is -1.95. The van der Waals surface area contributed by atoms with Crippen molar-refractivity contribution in [2.45, 2.75) is 77.3 Å². The highest BCUT2D eigenvalue weighted by molar-refractivity contribution is 5.95. The van der Waals surface area contributed by atoms with Crippen molar-refractivity contribution in [1.29, 1.82) is 0 Å². The van der Waals surface area contributed by atoms with Gasteiger partial charge in [-0.2, -0.15) is 0 Å². The molecule has 1 N–H and O–H groups in total. The van der Waals surface area contributed by atoms with E-state index in [0.29, 0.717) is 16.9 Å². The normalized spacial score (nSPS) is 26.3. The van der Waals surface area contributed by atoms with Crippen molar-refractivity contribution in [3.05, 3.63) is 28.9 Å². The van der Waals surface area contributed by atoms with Crippen LogP contribution in [0.5, 0.6) is 5.88 Å². The summed E-state index contributed by atoms with van der Waals surface area (Å²) in [7, 11) is 0. The molecule has 2 aliphatic rings. The van der Waals surface area contributed by atoms with Crippen molar-refractivity contribution >= 4 is 16.6 Å². The minimum absolute atomic E-state index is 0.0486.